The van der Waals surface area contributed by atoms with E-state index in [1.807, 2.05) is 40.1 Å². The molecular formula is C27H39N7OSi. The zero-order valence-electron chi connectivity index (χ0n) is 22.6. The zero-order valence-corrected chi connectivity index (χ0v) is 23.6. The van der Waals surface area contributed by atoms with Crippen LogP contribution in [0.4, 0.5) is 0 Å². The third-order valence-corrected chi connectivity index (χ3v) is 12.5. The van der Waals surface area contributed by atoms with Crippen LogP contribution < -0.4 is 0 Å². The number of nitrogens with zero attached hydrogens (tertiary/aromatic N) is 7. The molecule has 4 heterocycles. The second-order valence-corrected chi connectivity index (χ2v) is 16.6. The minimum atomic E-state index is -1.83. The van der Waals surface area contributed by atoms with Gasteiger partial charge in [0, 0.05) is 23.5 Å². The van der Waals surface area contributed by atoms with Crippen molar-refractivity contribution in [1.29, 1.82) is 0 Å². The molecule has 0 saturated heterocycles. The van der Waals surface area contributed by atoms with Gasteiger partial charge < -0.3 is 4.43 Å². The summed E-state index contributed by atoms with van der Waals surface area (Å²) in [5.41, 5.74) is 4.69. The highest BCUT2D eigenvalue weighted by molar-refractivity contribution is 6.74. The zero-order chi connectivity index (χ0) is 25.7. The van der Waals surface area contributed by atoms with Crippen LogP contribution in [-0.2, 0) is 11.0 Å². The summed E-state index contributed by atoms with van der Waals surface area (Å²) in [4.78, 5) is 5.06. The van der Waals surface area contributed by atoms with Gasteiger partial charge in [-0.1, -0.05) is 27.7 Å². The Morgan fingerprint density at radius 2 is 1.81 bits per heavy atom. The van der Waals surface area contributed by atoms with Crippen LogP contribution in [0.15, 0.2) is 43.2 Å². The molecule has 0 spiro atoms. The minimum Gasteiger partial charge on any atom is -0.412 e. The van der Waals surface area contributed by atoms with Gasteiger partial charge in [-0.05, 0) is 56.3 Å². The lowest BCUT2D eigenvalue weighted by atomic mass is 10.1. The molecule has 0 radical (unpaired) electrons. The fourth-order valence-electron chi connectivity index (χ4n) is 4.71. The Morgan fingerprint density at radius 3 is 2.50 bits per heavy atom. The van der Waals surface area contributed by atoms with E-state index in [1.54, 1.807) is 0 Å². The minimum absolute atomic E-state index is 0.0829. The van der Waals surface area contributed by atoms with Crippen molar-refractivity contribution in [2.24, 2.45) is 5.92 Å². The van der Waals surface area contributed by atoms with Crippen molar-refractivity contribution in [1.82, 2.24) is 34.2 Å². The maximum Gasteiger partial charge on any atom is 0.192 e. The topological polar surface area (TPSA) is 75.1 Å². The van der Waals surface area contributed by atoms with Crippen LogP contribution >= 0.6 is 0 Å². The van der Waals surface area contributed by atoms with Crippen LogP contribution in [0.1, 0.15) is 59.9 Å². The Bertz CT molecular complexity index is 1340. The first-order valence-electron chi connectivity index (χ1n) is 13.2. The smallest absolute Gasteiger partial charge is 0.192 e. The standard InChI is InChI=1S/C27H39N7OSi/c1-8-24(20-9-10-20)33-17-22(14-30-33)26-25-11-12-28-34(25)18-23(31-26)21-13-29-32(16-21)15-19(2)35-36(6,7)27(3,4)5/h11-14,16-20,24H,8-10,15H2,1-7H3/t19?,24-/m1/s1. The molecule has 1 saturated carbocycles. The first-order chi connectivity index (χ1) is 17.1. The van der Waals surface area contributed by atoms with Gasteiger partial charge in [-0.2, -0.15) is 15.3 Å². The van der Waals surface area contributed by atoms with E-state index < -0.39 is 8.32 Å². The molecule has 4 aromatic heterocycles. The van der Waals surface area contributed by atoms with E-state index in [4.69, 9.17) is 14.5 Å². The largest absolute Gasteiger partial charge is 0.412 e. The number of aromatic nitrogens is 7. The maximum absolute atomic E-state index is 6.54. The second kappa shape index (κ2) is 9.26. The predicted octanol–water partition coefficient (Wildman–Crippen LogP) is 6.23. The van der Waals surface area contributed by atoms with Crippen LogP contribution in [0.2, 0.25) is 18.1 Å². The van der Waals surface area contributed by atoms with Crippen LogP contribution in [-0.4, -0.2) is 48.6 Å². The van der Waals surface area contributed by atoms with E-state index in [-0.39, 0.29) is 11.1 Å². The summed E-state index contributed by atoms with van der Waals surface area (Å²) >= 11 is 0. The summed E-state index contributed by atoms with van der Waals surface area (Å²) in [6.45, 7) is 16.5. The van der Waals surface area contributed by atoms with E-state index in [0.717, 1.165) is 40.4 Å². The molecule has 0 bridgehead atoms. The van der Waals surface area contributed by atoms with Gasteiger partial charge in [0.15, 0.2) is 8.32 Å². The molecule has 8 nitrogen and oxygen atoms in total. The summed E-state index contributed by atoms with van der Waals surface area (Å²) in [6.07, 6.45) is 15.6. The lowest BCUT2D eigenvalue weighted by Crippen LogP contribution is -2.44. The van der Waals surface area contributed by atoms with E-state index in [1.165, 1.54) is 12.8 Å². The van der Waals surface area contributed by atoms with Gasteiger partial charge in [-0.3, -0.25) is 9.36 Å². The molecule has 9 heteroatoms. The Hall–Kier alpha value is -2.78. The summed E-state index contributed by atoms with van der Waals surface area (Å²) in [5.74, 6) is 0.755. The summed E-state index contributed by atoms with van der Waals surface area (Å²) in [5, 5.41) is 14.0. The predicted molar refractivity (Wildman–Crippen MR) is 145 cm³/mol. The molecule has 0 aliphatic heterocycles. The Morgan fingerprint density at radius 1 is 1.06 bits per heavy atom. The quantitative estimate of drug-likeness (QED) is 0.252. The van der Waals surface area contributed by atoms with Gasteiger partial charge in [0.25, 0.3) is 0 Å². The first kappa shape index (κ1) is 24.9. The normalized spacial score (nSPS) is 16.5. The number of hydrogen-bond acceptors (Lipinski definition) is 5. The third-order valence-electron chi connectivity index (χ3n) is 7.86. The van der Waals surface area contributed by atoms with Crippen molar-refractivity contribution in [3.63, 3.8) is 0 Å². The molecule has 5 rings (SSSR count). The van der Waals surface area contributed by atoms with Crippen LogP contribution in [0, 0.1) is 5.92 Å². The van der Waals surface area contributed by atoms with Crippen molar-refractivity contribution in [3.05, 3.63) is 43.2 Å². The summed E-state index contributed by atoms with van der Waals surface area (Å²) < 4.78 is 12.5. The molecule has 36 heavy (non-hydrogen) atoms. The van der Waals surface area contributed by atoms with E-state index >= 15 is 0 Å². The molecule has 0 amide bonds. The average molecular weight is 506 g/mol. The van der Waals surface area contributed by atoms with Crippen molar-refractivity contribution in [3.8, 4) is 22.5 Å². The molecular weight excluding hydrogens is 466 g/mol. The van der Waals surface area contributed by atoms with Gasteiger partial charge in [0.05, 0.1) is 60.4 Å². The molecule has 1 unspecified atom stereocenters. The van der Waals surface area contributed by atoms with Crippen molar-refractivity contribution in [2.75, 3.05) is 0 Å². The van der Waals surface area contributed by atoms with Gasteiger partial charge in [-0.15, -0.1) is 0 Å². The van der Waals surface area contributed by atoms with Crippen molar-refractivity contribution in [2.45, 2.75) is 90.7 Å². The molecule has 0 N–H and O–H groups in total. The second-order valence-electron chi connectivity index (χ2n) is 11.8. The summed E-state index contributed by atoms with van der Waals surface area (Å²) in [6, 6.07) is 2.47. The molecule has 1 aliphatic rings. The number of rotatable bonds is 9. The Balaban J connectivity index is 1.40. The van der Waals surface area contributed by atoms with Crippen LogP contribution in [0.25, 0.3) is 28.0 Å². The molecule has 1 fully saturated rings. The van der Waals surface area contributed by atoms with E-state index in [9.17, 15) is 0 Å². The highest BCUT2D eigenvalue weighted by Gasteiger charge is 2.38. The van der Waals surface area contributed by atoms with Crippen molar-refractivity contribution < 1.29 is 4.43 Å². The van der Waals surface area contributed by atoms with E-state index in [2.05, 4.69) is 75.0 Å². The summed E-state index contributed by atoms with van der Waals surface area (Å²) in [7, 11) is -1.83. The van der Waals surface area contributed by atoms with Crippen LogP contribution in [0.5, 0.6) is 0 Å². The van der Waals surface area contributed by atoms with Crippen molar-refractivity contribution >= 4 is 13.8 Å². The highest BCUT2D eigenvalue weighted by Crippen LogP contribution is 2.41. The highest BCUT2D eigenvalue weighted by atomic mass is 28.4. The van der Waals surface area contributed by atoms with Gasteiger partial charge >= 0.3 is 0 Å². The van der Waals surface area contributed by atoms with Gasteiger partial charge in [-0.25, -0.2) is 9.50 Å². The lowest BCUT2D eigenvalue weighted by molar-refractivity contribution is 0.174. The molecule has 4 aromatic rings. The Kier molecular flexibility index (Phi) is 6.40. The fraction of sp³-hybridized carbons (Fsp3) is 0.556. The number of fused-ring (bicyclic) bond motifs is 1. The fourth-order valence-corrected chi connectivity index (χ4v) is 6.15. The van der Waals surface area contributed by atoms with Gasteiger partial charge in [0.2, 0.25) is 0 Å². The molecule has 192 valence electrons. The third kappa shape index (κ3) is 4.91. The molecule has 1 aliphatic carbocycles. The molecule has 0 aromatic carbocycles. The molecule has 2 atom stereocenters. The average Bonchev–Trinajstić information content (AvgIpc) is 3.17. The number of hydrogen-bond donors (Lipinski definition) is 0. The Labute approximate surface area is 214 Å². The SMILES string of the molecule is CC[C@H](C1CC1)n1cc(-c2nc(-c3cnn(CC(C)O[Si](C)(C)C(C)(C)C)c3)cn3nccc23)cn1. The van der Waals surface area contributed by atoms with Crippen LogP contribution in [0.3, 0.4) is 0 Å². The first-order valence-corrected chi connectivity index (χ1v) is 16.1. The lowest BCUT2D eigenvalue weighted by Gasteiger charge is -2.38. The van der Waals surface area contributed by atoms with E-state index in [0.29, 0.717) is 12.6 Å². The van der Waals surface area contributed by atoms with Gasteiger partial charge in [0.1, 0.15) is 0 Å². The monoisotopic (exact) mass is 505 g/mol. The maximum atomic E-state index is 6.54.